The van der Waals surface area contributed by atoms with Gasteiger partial charge in [-0.2, -0.15) is 0 Å². The van der Waals surface area contributed by atoms with E-state index in [2.05, 4.69) is 19.9 Å². The Kier molecular flexibility index (Phi) is 9.14. The number of benzene rings is 4. The molecule has 44 heavy (non-hydrogen) atoms. The lowest BCUT2D eigenvalue weighted by atomic mass is 9.68. The zero-order valence-corrected chi connectivity index (χ0v) is 26.2. The molecule has 0 aliphatic carbocycles. The third-order valence-corrected chi connectivity index (χ3v) is 9.22. The quantitative estimate of drug-likeness (QED) is 0.122. The van der Waals surface area contributed by atoms with E-state index in [1.54, 1.807) is 18.2 Å². The van der Waals surface area contributed by atoms with Gasteiger partial charge < -0.3 is 15.3 Å². The van der Waals surface area contributed by atoms with Crippen molar-refractivity contribution in [2.45, 2.75) is 71.6 Å². The SMILES string of the molecule is CCc1cc(C(C)(C)c2cccc(C(C)(c3cc(C=O)c(O)c(CC)c3)c3cc(C=O)c(O)c(CC)c3)c2)cc(C=O)c1O. The highest BCUT2D eigenvalue weighted by Gasteiger charge is 2.35. The van der Waals surface area contributed by atoms with Crippen LogP contribution in [-0.4, -0.2) is 34.2 Å². The maximum absolute atomic E-state index is 12.1. The van der Waals surface area contributed by atoms with Gasteiger partial charge in [0.1, 0.15) is 17.2 Å². The van der Waals surface area contributed by atoms with E-state index in [-0.39, 0.29) is 33.9 Å². The van der Waals surface area contributed by atoms with E-state index in [1.165, 1.54) is 0 Å². The van der Waals surface area contributed by atoms with Gasteiger partial charge in [0.25, 0.3) is 0 Å². The Morgan fingerprint density at radius 2 is 0.886 bits per heavy atom. The van der Waals surface area contributed by atoms with Crippen molar-refractivity contribution in [1.29, 1.82) is 0 Å². The number of carbonyl (C=O) groups is 3. The molecule has 0 aliphatic rings. The summed E-state index contributed by atoms with van der Waals surface area (Å²) in [7, 11) is 0. The Labute approximate surface area is 259 Å². The molecule has 3 N–H and O–H groups in total. The second-order valence-corrected chi connectivity index (χ2v) is 12.0. The third-order valence-electron chi connectivity index (χ3n) is 9.22. The normalized spacial score (nSPS) is 11.8. The molecule has 0 bridgehead atoms. The molecule has 6 nitrogen and oxygen atoms in total. The minimum atomic E-state index is -0.922. The van der Waals surface area contributed by atoms with E-state index in [0.717, 1.165) is 27.8 Å². The van der Waals surface area contributed by atoms with Crippen molar-refractivity contribution in [3.63, 3.8) is 0 Å². The van der Waals surface area contributed by atoms with Crippen molar-refractivity contribution in [3.05, 3.63) is 122 Å². The van der Waals surface area contributed by atoms with Crippen LogP contribution in [0.25, 0.3) is 0 Å². The first-order valence-electron chi connectivity index (χ1n) is 15.0. The number of rotatable bonds is 11. The van der Waals surface area contributed by atoms with Gasteiger partial charge in [-0.05, 0) is 88.9 Å². The largest absolute Gasteiger partial charge is 0.507 e. The number of aryl methyl sites for hydroxylation is 3. The van der Waals surface area contributed by atoms with Crippen molar-refractivity contribution in [2.24, 2.45) is 0 Å². The standard InChI is InChI=1S/C38H40O6/c1-7-23-13-31(16-26(20-39)34(23)42)37(4,5)29-11-10-12-30(19-29)38(6,32-14-24(8-2)35(43)27(17-32)21-40)33-15-25(9-3)36(44)28(18-33)22-41/h10-22,42-44H,7-9H2,1-6H3. The molecule has 0 saturated heterocycles. The van der Waals surface area contributed by atoms with Crippen LogP contribution in [0.2, 0.25) is 0 Å². The summed E-state index contributed by atoms with van der Waals surface area (Å²) in [5.74, 6) is -0.109. The molecule has 0 unspecified atom stereocenters. The topological polar surface area (TPSA) is 112 Å². The summed E-state index contributed by atoms with van der Waals surface area (Å²) in [5, 5.41) is 32.0. The predicted octanol–water partition coefficient (Wildman–Crippen LogP) is 7.61. The first kappa shape index (κ1) is 32.2. The van der Waals surface area contributed by atoms with Crippen molar-refractivity contribution < 1.29 is 29.7 Å². The van der Waals surface area contributed by atoms with Gasteiger partial charge in [-0.1, -0.05) is 77.1 Å². The molecule has 0 saturated carbocycles. The van der Waals surface area contributed by atoms with Crippen LogP contribution in [0.1, 0.15) is 117 Å². The summed E-state index contributed by atoms with van der Waals surface area (Å²) in [6, 6.07) is 18.8. The summed E-state index contributed by atoms with van der Waals surface area (Å²) in [6.07, 6.45) is 3.52. The zero-order chi connectivity index (χ0) is 32.4. The lowest BCUT2D eigenvalue weighted by molar-refractivity contribution is 0.111. The number of hydrogen-bond acceptors (Lipinski definition) is 6. The molecule has 0 radical (unpaired) electrons. The second kappa shape index (κ2) is 12.5. The molecule has 4 aromatic carbocycles. The van der Waals surface area contributed by atoms with E-state index in [1.807, 2.05) is 64.1 Å². The first-order valence-corrected chi connectivity index (χ1v) is 15.0. The van der Waals surface area contributed by atoms with Gasteiger partial charge in [-0.25, -0.2) is 0 Å². The van der Waals surface area contributed by atoms with Crippen LogP contribution >= 0.6 is 0 Å². The van der Waals surface area contributed by atoms with Crippen LogP contribution in [0.4, 0.5) is 0 Å². The van der Waals surface area contributed by atoms with Crippen molar-refractivity contribution >= 4 is 18.9 Å². The molecule has 0 fully saturated rings. The van der Waals surface area contributed by atoms with Crippen LogP contribution in [0.5, 0.6) is 17.2 Å². The highest BCUT2D eigenvalue weighted by molar-refractivity contribution is 5.83. The van der Waals surface area contributed by atoms with Crippen LogP contribution in [0, 0.1) is 0 Å². The molecule has 0 atom stereocenters. The summed E-state index contributed by atoms with van der Waals surface area (Å²) >= 11 is 0. The van der Waals surface area contributed by atoms with E-state index < -0.39 is 10.8 Å². The van der Waals surface area contributed by atoms with Gasteiger partial charge in [0, 0.05) is 10.8 Å². The molecule has 6 heteroatoms. The molecule has 4 aromatic rings. The maximum Gasteiger partial charge on any atom is 0.153 e. The molecule has 4 rings (SSSR count). The van der Waals surface area contributed by atoms with Crippen LogP contribution in [-0.2, 0) is 30.1 Å². The second-order valence-electron chi connectivity index (χ2n) is 12.0. The number of phenols is 3. The number of aldehydes is 3. The molecule has 0 amide bonds. The van der Waals surface area contributed by atoms with Gasteiger partial charge in [0.2, 0.25) is 0 Å². The molecule has 0 aromatic heterocycles. The summed E-state index contributed by atoms with van der Waals surface area (Å²) in [6.45, 7) is 11.9. The lowest BCUT2D eigenvalue weighted by Crippen LogP contribution is -2.28. The Morgan fingerprint density at radius 3 is 1.27 bits per heavy atom. The summed E-state index contributed by atoms with van der Waals surface area (Å²) < 4.78 is 0. The molecule has 0 spiro atoms. The highest BCUT2D eigenvalue weighted by atomic mass is 16.3. The fourth-order valence-corrected chi connectivity index (χ4v) is 6.06. The maximum atomic E-state index is 12.1. The van der Waals surface area contributed by atoms with E-state index in [0.29, 0.717) is 54.8 Å². The van der Waals surface area contributed by atoms with E-state index in [4.69, 9.17) is 0 Å². The Bertz CT molecular complexity index is 1680. The zero-order valence-electron chi connectivity index (χ0n) is 26.2. The van der Waals surface area contributed by atoms with Gasteiger partial charge in [-0.15, -0.1) is 0 Å². The van der Waals surface area contributed by atoms with Crippen molar-refractivity contribution in [1.82, 2.24) is 0 Å². The average molecular weight is 593 g/mol. The lowest BCUT2D eigenvalue weighted by Gasteiger charge is -2.35. The minimum Gasteiger partial charge on any atom is -0.507 e. The fourth-order valence-electron chi connectivity index (χ4n) is 6.06. The monoisotopic (exact) mass is 592 g/mol. The highest BCUT2D eigenvalue weighted by Crippen LogP contribution is 2.45. The van der Waals surface area contributed by atoms with Gasteiger partial charge in [0.15, 0.2) is 18.9 Å². The minimum absolute atomic E-state index is 0.00143. The molecular weight excluding hydrogens is 552 g/mol. The number of hydrogen-bond donors (Lipinski definition) is 3. The number of carbonyl (C=O) groups excluding carboxylic acids is 3. The summed E-state index contributed by atoms with van der Waals surface area (Å²) in [5.41, 5.74) is 5.18. The smallest absolute Gasteiger partial charge is 0.153 e. The van der Waals surface area contributed by atoms with Crippen LogP contribution in [0.3, 0.4) is 0 Å². The van der Waals surface area contributed by atoms with Gasteiger partial charge in [-0.3, -0.25) is 14.4 Å². The Balaban J connectivity index is 2.06. The third kappa shape index (κ3) is 5.41. The predicted molar refractivity (Wildman–Crippen MR) is 173 cm³/mol. The molecule has 0 heterocycles. The van der Waals surface area contributed by atoms with E-state index >= 15 is 0 Å². The Hall–Kier alpha value is -4.71. The fraction of sp³-hybridized carbons (Fsp3) is 0.289. The Morgan fingerprint density at radius 1 is 0.523 bits per heavy atom. The summed E-state index contributed by atoms with van der Waals surface area (Å²) in [4.78, 5) is 36.0. The first-order chi connectivity index (χ1) is 20.9. The van der Waals surface area contributed by atoms with E-state index in [9.17, 15) is 29.7 Å². The van der Waals surface area contributed by atoms with Crippen LogP contribution < -0.4 is 0 Å². The van der Waals surface area contributed by atoms with Crippen molar-refractivity contribution in [3.8, 4) is 17.2 Å². The van der Waals surface area contributed by atoms with Gasteiger partial charge >= 0.3 is 0 Å². The van der Waals surface area contributed by atoms with Gasteiger partial charge in [0.05, 0.1) is 16.7 Å². The number of aromatic hydroxyl groups is 3. The molecule has 0 aliphatic heterocycles. The van der Waals surface area contributed by atoms with Crippen LogP contribution in [0.15, 0.2) is 60.7 Å². The molecule has 228 valence electrons. The molecular formula is C38H40O6. The average Bonchev–Trinajstić information content (AvgIpc) is 3.04. The number of phenolic OH excluding ortho intramolecular Hbond substituents is 3. The van der Waals surface area contributed by atoms with Crippen molar-refractivity contribution in [2.75, 3.05) is 0 Å².